The van der Waals surface area contributed by atoms with Crippen molar-refractivity contribution in [1.29, 1.82) is 0 Å². The van der Waals surface area contributed by atoms with Gasteiger partial charge in [-0.1, -0.05) is 167 Å². The van der Waals surface area contributed by atoms with Gasteiger partial charge in [0.15, 0.2) is 0 Å². The lowest BCUT2D eigenvalue weighted by atomic mass is 10.0. The maximum absolute atomic E-state index is 12.7. The molecule has 0 aliphatic carbocycles. The van der Waals surface area contributed by atoms with E-state index in [4.69, 9.17) is 14.8 Å². The first-order valence-corrected chi connectivity index (χ1v) is 21.5. The van der Waals surface area contributed by atoms with Crippen LogP contribution in [0.25, 0.3) is 0 Å². The minimum atomic E-state index is -4.40. The number of carbonyl (C=O) groups excluding carboxylic acids is 1. The molecule has 0 saturated carbocycles. The molecule has 0 aromatic heterocycles. The number of nitrogens with one attached hydrogen (secondary N) is 1. The quantitative estimate of drug-likeness (QED) is 0.0242. The van der Waals surface area contributed by atoms with Crippen molar-refractivity contribution >= 4 is 13.7 Å². The molecule has 1 amide bonds. The maximum Gasteiger partial charge on any atom is 0.472 e. The van der Waals surface area contributed by atoms with Crippen LogP contribution in [0, 0.1) is 0 Å². The molecule has 0 heterocycles. The zero-order valence-electron chi connectivity index (χ0n) is 31.5. The van der Waals surface area contributed by atoms with Gasteiger partial charge in [0, 0.05) is 6.54 Å². The molecule has 0 rings (SSSR count). The van der Waals surface area contributed by atoms with Crippen LogP contribution in [0.5, 0.6) is 0 Å². The van der Waals surface area contributed by atoms with Crippen molar-refractivity contribution in [2.75, 3.05) is 19.8 Å². The fraction of sp³-hybridized carbons (Fsp3) is 0.872. The number of hydrogen-bond donors (Lipinski definition) is 5. The number of carbonyl (C=O) groups is 1. The van der Waals surface area contributed by atoms with E-state index in [0.29, 0.717) is 12.8 Å². The number of hydrogen-bond acceptors (Lipinski definition) is 7. The molecule has 0 saturated heterocycles. The van der Waals surface area contributed by atoms with E-state index in [1.165, 1.54) is 116 Å². The molecule has 4 atom stereocenters. The third-order valence-corrected chi connectivity index (χ3v) is 9.82. The van der Waals surface area contributed by atoms with Gasteiger partial charge in [0.25, 0.3) is 0 Å². The average molecular weight is 717 g/mol. The first-order valence-electron chi connectivity index (χ1n) is 20.0. The summed E-state index contributed by atoms with van der Waals surface area (Å²) in [5, 5.41) is 23.9. The highest BCUT2D eigenvalue weighted by molar-refractivity contribution is 7.47. The van der Waals surface area contributed by atoms with Gasteiger partial charge in [-0.15, -0.1) is 0 Å². The number of phosphoric acid groups is 1. The second kappa shape index (κ2) is 35.3. The molecular weight excluding hydrogens is 639 g/mol. The minimum Gasteiger partial charge on any atom is -0.393 e. The van der Waals surface area contributed by atoms with E-state index in [-0.39, 0.29) is 19.6 Å². The van der Waals surface area contributed by atoms with E-state index in [0.717, 1.165) is 32.1 Å². The summed E-state index contributed by atoms with van der Waals surface area (Å²) in [6.07, 6.45) is 35.5. The zero-order chi connectivity index (χ0) is 36.3. The van der Waals surface area contributed by atoms with Crippen LogP contribution < -0.4 is 11.1 Å². The number of unbranched alkanes of at least 4 members (excludes halogenated alkanes) is 21. The fourth-order valence-electron chi connectivity index (χ4n) is 5.78. The largest absolute Gasteiger partial charge is 0.472 e. The molecule has 4 unspecified atom stereocenters. The molecular formula is C39H77N2O7P. The van der Waals surface area contributed by atoms with Crippen LogP contribution in [0.3, 0.4) is 0 Å². The van der Waals surface area contributed by atoms with Crippen LogP contribution in [0.15, 0.2) is 24.3 Å². The molecule has 0 radical (unpaired) electrons. The molecule has 6 N–H and O–H groups in total. The van der Waals surface area contributed by atoms with Gasteiger partial charge in [-0.05, 0) is 32.1 Å². The number of nitrogens with two attached hydrogens (primary N) is 1. The van der Waals surface area contributed by atoms with E-state index in [2.05, 4.69) is 31.3 Å². The van der Waals surface area contributed by atoms with Crippen molar-refractivity contribution in [1.82, 2.24) is 5.32 Å². The Hall–Kier alpha value is -1.06. The highest BCUT2D eigenvalue weighted by Gasteiger charge is 2.27. The fourth-order valence-corrected chi connectivity index (χ4v) is 6.54. The Morgan fingerprint density at radius 1 is 0.694 bits per heavy atom. The summed E-state index contributed by atoms with van der Waals surface area (Å²) in [5.74, 6) is -0.457. The van der Waals surface area contributed by atoms with E-state index in [1.54, 1.807) is 6.08 Å². The molecule has 0 aliphatic rings. The number of phosphoric ester groups is 1. The Bertz CT molecular complexity index is 842. The molecule has 290 valence electrons. The molecule has 0 aliphatic heterocycles. The van der Waals surface area contributed by atoms with Gasteiger partial charge in [-0.25, -0.2) is 4.57 Å². The number of amides is 1. The number of aliphatic hydroxyl groups is 2. The van der Waals surface area contributed by atoms with Gasteiger partial charge in [0.05, 0.1) is 37.9 Å². The third kappa shape index (κ3) is 33.8. The van der Waals surface area contributed by atoms with Gasteiger partial charge in [0.2, 0.25) is 5.91 Å². The second-order valence-electron chi connectivity index (χ2n) is 13.7. The van der Waals surface area contributed by atoms with Crippen molar-refractivity contribution in [3.8, 4) is 0 Å². The minimum absolute atomic E-state index is 0.0458. The molecule has 49 heavy (non-hydrogen) atoms. The average Bonchev–Trinajstić information content (AvgIpc) is 3.07. The van der Waals surface area contributed by atoms with Gasteiger partial charge < -0.3 is 26.2 Å². The van der Waals surface area contributed by atoms with Crippen LogP contribution in [-0.4, -0.2) is 59.0 Å². The lowest BCUT2D eigenvalue weighted by Crippen LogP contribution is -2.46. The van der Waals surface area contributed by atoms with Gasteiger partial charge in [0.1, 0.15) is 0 Å². The number of allylic oxidation sites excluding steroid dienone is 3. The molecule has 0 fully saturated rings. The SMILES string of the molecule is CCCCCCCCCCCCC/C=C/CC/C=C/C(O)C(COP(=O)(O)OCCN)NC(=O)CC(O)CCCCCCCCCCCC. The first-order chi connectivity index (χ1) is 23.8. The lowest BCUT2D eigenvalue weighted by Gasteiger charge is -2.24. The van der Waals surface area contributed by atoms with Crippen molar-refractivity contribution in [2.45, 2.75) is 199 Å². The molecule has 0 aromatic carbocycles. The van der Waals surface area contributed by atoms with Crippen LogP contribution in [0.2, 0.25) is 0 Å². The van der Waals surface area contributed by atoms with Gasteiger partial charge >= 0.3 is 7.82 Å². The van der Waals surface area contributed by atoms with Crippen LogP contribution >= 0.6 is 7.82 Å². The Morgan fingerprint density at radius 3 is 1.69 bits per heavy atom. The van der Waals surface area contributed by atoms with Crippen LogP contribution in [0.4, 0.5) is 0 Å². The van der Waals surface area contributed by atoms with Crippen molar-refractivity contribution in [3.05, 3.63) is 24.3 Å². The summed E-state index contributed by atoms with van der Waals surface area (Å²) in [5.41, 5.74) is 5.34. The van der Waals surface area contributed by atoms with Gasteiger partial charge in [-0.2, -0.15) is 0 Å². The summed E-state index contributed by atoms with van der Waals surface area (Å²) in [7, 11) is -4.40. The first kappa shape index (κ1) is 47.9. The third-order valence-electron chi connectivity index (χ3n) is 8.83. The normalized spacial score (nSPS) is 15.1. The van der Waals surface area contributed by atoms with Crippen LogP contribution in [-0.2, 0) is 18.4 Å². The van der Waals surface area contributed by atoms with Crippen LogP contribution in [0.1, 0.15) is 181 Å². The molecule has 0 bridgehead atoms. The van der Waals surface area contributed by atoms with Gasteiger partial charge in [-0.3, -0.25) is 13.8 Å². The summed E-state index contributed by atoms with van der Waals surface area (Å²) >= 11 is 0. The van der Waals surface area contributed by atoms with Crippen molar-refractivity contribution < 1.29 is 33.5 Å². The smallest absolute Gasteiger partial charge is 0.393 e. The predicted molar refractivity (Wildman–Crippen MR) is 204 cm³/mol. The van der Waals surface area contributed by atoms with E-state index < -0.39 is 38.6 Å². The Kier molecular flexibility index (Phi) is 34.6. The standard InChI is InChI=1S/C39H77N2O7P/c1-3-5-7-9-11-13-15-16-17-18-19-20-21-23-25-27-29-31-38(43)37(35-48-49(45,46)47-33-32-40)41-39(44)34-36(42)30-28-26-24-22-14-12-10-8-6-4-2/h21,23,29,31,36-38,42-43H,3-20,22,24-28,30,32-35,40H2,1-2H3,(H,41,44)(H,45,46)/b23-21+,31-29+. The van der Waals surface area contributed by atoms with Crippen molar-refractivity contribution in [2.24, 2.45) is 5.73 Å². The highest BCUT2D eigenvalue weighted by atomic mass is 31.2. The maximum atomic E-state index is 12.7. The zero-order valence-corrected chi connectivity index (χ0v) is 32.4. The highest BCUT2D eigenvalue weighted by Crippen LogP contribution is 2.43. The molecule has 10 heteroatoms. The monoisotopic (exact) mass is 717 g/mol. The van der Waals surface area contributed by atoms with Crippen molar-refractivity contribution in [3.63, 3.8) is 0 Å². The summed E-state index contributed by atoms with van der Waals surface area (Å²) < 4.78 is 22.0. The van der Waals surface area contributed by atoms with E-state index >= 15 is 0 Å². The lowest BCUT2D eigenvalue weighted by molar-refractivity contribution is -0.124. The Morgan fingerprint density at radius 2 is 1.16 bits per heavy atom. The topological polar surface area (TPSA) is 151 Å². The number of rotatable bonds is 37. The molecule has 9 nitrogen and oxygen atoms in total. The Balaban J connectivity index is 4.44. The summed E-state index contributed by atoms with van der Waals surface area (Å²) in [6, 6.07) is -0.994. The van der Waals surface area contributed by atoms with E-state index in [1.807, 2.05) is 6.08 Å². The predicted octanol–water partition coefficient (Wildman–Crippen LogP) is 9.58. The number of aliphatic hydroxyl groups excluding tert-OH is 2. The molecule has 0 aromatic rings. The second-order valence-corrected chi connectivity index (χ2v) is 15.1. The molecule has 0 spiro atoms. The Labute approximate surface area is 300 Å². The summed E-state index contributed by atoms with van der Waals surface area (Å²) in [4.78, 5) is 22.6. The van der Waals surface area contributed by atoms with E-state index in [9.17, 15) is 24.5 Å². The summed E-state index contributed by atoms with van der Waals surface area (Å²) in [6.45, 7) is 3.93.